The first kappa shape index (κ1) is 11.3. The fourth-order valence-electron chi connectivity index (χ4n) is 1.77. The number of aliphatic hydroxyl groups excluding tert-OH is 1. The van der Waals surface area contributed by atoms with Gasteiger partial charge in [0.1, 0.15) is 12.2 Å². The lowest BCUT2D eigenvalue weighted by molar-refractivity contribution is 0.174. The van der Waals surface area contributed by atoms with Gasteiger partial charge in [-0.3, -0.25) is 4.68 Å². The standard InChI is InChI=1S/C11H15N3OS/c1-7-4-9(8(2)16-7)10(15)5-11-12-6-13-14(11)3/h4,6,10,15H,5H2,1-3H3. The molecule has 4 nitrogen and oxygen atoms in total. The molecule has 0 aliphatic heterocycles. The first-order chi connectivity index (χ1) is 7.58. The summed E-state index contributed by atoms with van der Waals surface area (Å²) in [5.41, 5.74) is 1.01. The average Bonchev–Trinajstić information content (AvgIpc) is 2.74. The van der Waals surface area contributed by atoms with Gasteiger partial charge >= 0.3 is 0 Å². The second kappa shape index (κ2) is 4.35. The molecule has 0 spiro atoms. The molecule has 1 atom stereocenters. The molecular formula is C11H15N3OS. The lowest BCUT2D eigenvalue weighted by atomic mass is 10.1. The Kier molecular flexibility index (Phi) is 3.07. The van der Waals surface area contributed by atoms with E-state index in [0.29, 0.717) is 6.42 Å². The Labute approximate surface area is 98.6 Å². The van der Waals surface area contributed by atoms with E-state index in [0.717, 1.165) is 11.4 Å². The summed E-state index contributed by atoms with van der Waals surface area (Å²) in [5.74, 6) is 0.802. The zero-order chi connectivity index (χ0) is 11.7. The maximum absolute atomic E-state index is 10.1. The van der Waals surface area contributed by atoms with E-state index in [2.05, 4.69) is 17.0 Å². The summed E-state index contributed by atoms with van der Waals surface area (Å²) >= 11 is 1.71. The van der Waals surface area contributed by atoms with E-state index in [1.54, 1.807) is 16.0 Å². The van der Waals surface area contributed by atoms with Crippen LogP contribution in [0.1, 0.15) is 27.2 Å². The summed E-state index contributed by atoms with van der Waals surface area (Å²) in [6.45, 7) is 4.09. The van der Waals surface area contributed by atoms with Gasteiger partial charge < -0.3 is 5.11 Å². The predicted octanol–water partition coefficient (Wildman–Crippen LogP) is 1.77. The highest BCUT2D eigenvalue weighted by atomic mass is 32.1. The van der Waals surface area contributed by atoms with Gasteiger partial charge in [-0.05, 0) is 25.5 Å². The van der Waals surface area contributed by atoms with Gasteiger partial charge in [-0.25, -0.2) is 4.98 Å². The second-order valence-electron chi connectivity index (χ2n) is 3.89. The molecule has 0 saturated heterocycles. The van der Waals surface area contributed by atoms with E-state index < -0.39 is 6.10 Å². The lowest BCUT2D eigenvalue weighted by Crippen LogP contribution is -2.07. The van der Waals surface area contributed by atoms with Gasteiger partial charge in [0, 0.05) is 23.2 Å². The van der Waals surface area contributed by atoms with Crippen LogP contribution in [0.25, 0.3) is 0 Å². The van der Waals surface area contributed by atoms with Crippen LogP contribution >= 0.6 is 11.3 Å². The number of hydrogen-bond donors (Lipinski definition) is 1. The summed E-state index contributed by atoms with van der Waals surface area (Å²) in [6, 6.07) is 2.04. The smallest absolute Gasteiger partial charge is 0.138 e. The fraction of sp³-hybridized carbons (Fsp3) is 0.455. The molecule has 5 heteroatoms. The highest BCUT2D eigenvalue weighted by Gasteiger charge is 2.15. The van der Waals surface area contributed by atoms with Crippen LogP contribution in [0.4, 0.5) is 0 Å². The van der Waals surface area contributed by atoms with E-state index in [-0.39, 0.29) is 0 Å². The number of aryl methyl sites for hydroxylation is 3. The highest BCUT2D eigenvalue weighted by molar-refractivity contribution is 7.12. The third-order valence-electron chi connectivity index (χ3n) is 2.62. The van der Waals surface area contributed by atoms with E-state index >= 15 is 0 Å². The summed E-state index contributed by atoms with van der Waals surface area (Å²) in [7, 11) is 1.83. The summed E-state index contributed by atoms with van der Waals surface area (Å²) in [4.78, 5) is 6.51. The Balaban J connectivity index is 2.17. The molecule has 0 fully saturated rings. The molecule has 0 radical (unpaired) electrons. The minimum atomic E-state index is -0.493. The van der Waals surface area contributed by atoms with Crippen molar-refractivity contribution in [1.29, 1.82) is 0 Å². The first-order valence-electron chi connectivity index (χ1n) is 5.16. The van der Waals surface area contributed by atoms with E-state index in [1.807, 2.05) is 20.0 Å². The quantitative estimate of drug-likeness (QED) is 0.885. The molecule has 0 amide bonds. The molecule has 2 aromatic rings. The maximum Gasteiger partial charge on any atom is 0.138 e. The van der Waals surface area contributed by atoms with E-state index in [9.17, 15) is 5.11 Å². The zero-order valence-corrected chi connectivity index (χ0v) is 10.5. The third kappa shape index (κ3) is 2.15. The highest BCUT2D eigenvalue weighted by Crippen LogP contribution is 2.27. The van der Waals surface area contributed by atoms with Crippen molar-refractivity contribution in [2.75, 3.05) is 0 Å². The molecule has 1 unspecified atom stereocenters. The molecule has 2 heterocycles. The molecule has 2 aromatic heterocycles. The minimum Gasteiger partial charge on any atom is -0.388 e. The van der Waals surface area contributed by atoms with Gasteiger partial charge in [0.05, 0.1) is 6.10 Å². The third-order valence-corrected chi connectivity index (χ3v) is 3.60. The number of aromatic nitrogens is 3. The SMILES string of the molecule is Cc1cc(C(O)Cc2ncnn2C)c(C)s1. The largest absolute Gasteiger partial charge is 0.388 e. The molecular weight excluding hydrogens is 222 g/mol. The first-order valence-corrected chi connectivity index (χ1v) is 5.97. The fourth-order valence-corrected chi connectivity index (χ4v) is 2.75. The van der Waals surface area contributed by atoms with Gasteiger partial charge in [-0.15, -0.1) is 11.3 Å². The Morgan fingerprint density at radius 1 is 1.50 bits per heavy atom. The van der Waals surface area contributed by atoms with Crippen LogP contribution in [0.5, 0.6) is 0 Å². The van der Waals surface area contributed by atoms with Gasteiger partial charge in [0.25, 0.3) is 0 Å². The van der Waals surface area contributed by atoms with Gasteiger partial charge in [-0.1, -0.05) is 0 Å². The molecule has 0 aliphatic carbocycles. The average molecular weight is 237 g/mol. The summed E-state index contributed by atoms with van der Waals surface area (Å²) in [5, 5.41) is 14.1. The number of rotatable bonds is 3. The number of thiophene rings is 1. The van der Waals surface area contributed by atoms with Crippen molar-refractivity contribution in [2.45, 2.75) is 26.4 Å². The zero-order valence-electron chi connectivity index (χ0n) is 9.64. The van der Waals surface area contributed by atoms with E-state index in [4.69, 9.17) is 0 Å². The molecule has 0 aliphatic rings. The molecule has 86 valence electrons. The maximum atomic E-state index is 10.1. The predicted molar refractivity (Wildman–Crippen MR) is 63.5 cm³/mol. The topological polar surface area (TPSA) is 50.9 Å². The molecule has 0 bridgehead atoms. The van der Waals surface area contributed by atoms with Crippen LogP contribution in [0.15, 0.2) is 12.4 Å². The van der Waals surface area contributed by atoms with Gasteiger partial charge in [0.2, 0.25) is 0 Å². The molecule has 1 N–H and O–H groups in total. The van der Waals surface area contributed by atoms with Crippen LogP contribution in [0.2, 0.25) is 0 Å². The second-order valence-corrected chi connectivity index (χ2v) is 5.35. The van der Waals surface area contributed by atoms with Crippen LogP contribution < -0.4 is 0 Å². The van der Waals surface area contributed by atoms with E-state index in [1.165, 1.54) is 16.1 Å². The molecule has 0 saturated carbocycles. The normalized spacial score (nSPS) is 13.0. The monoisotopic (exact) mass is 237 g/mol. The summed E-state index contributed by atoms with van der Waals surface area (Å²) < 4.78 is 1.69. The van der Waals surface area contributed by atoms with Crippen molar-refractivity contribution in [3.05, 3.63) is 33.5 Å². The Hall–Kier alpha value is -1.20. The number of hydrogen-bond acceptors (Lipinski definition) is 4. The van der Waals surface area contributed by atoms with Gasteiger partial charge in [0.15, 0.2) is 0 Å². The van der Waals surface area contributed by atoms with Crippen LogP contribution in [-0.2, 0) is 13.5 Å². The molecule has 0 aromatic carbocycles. The van der Waals surface area contributed by atoms with Crippen molar-refractivity contribution in [1.82, 2.24) is 14.8 Å². The number of nitrogens with zero attached hydrogens (tertiary/aromatic N) is 3. The molecule has 2 rings (SSSR count). The lowest BCUT2D eigenvalue weighted by Gasteiger charge is -2.09. The van der Waals surface area contributed by atoms with Crippen molar-refractivity contribution in [3.63, 3.8) is 0 Å². The minimum absolute atomic E-state index is 0.493. The number of aliphatic hydroxyl groups is 1. The van der Waals surface area contributed by atoms with Crippen LogP contribution in [0, 0.1) is 13.8 Å². The Morgan fingerprint density at radius 2 is 2.25 bits per heavy atom. The van der Waals surface area contributed by atoms with Crippen LogP contribution in [-0.4, -0.2) is 19.9 Å². The van der Waals surface area contributed by atoms with Gasteiger partial charge in [-0.2, -0.15) is 5.10 Å². The molecule has 16 heavy (non-hydrogen) atoms. The van der Waals surface area contributed by atoms with Crippen molar-refractivity contribution >= 4 is 11.3 Å². The van der Waals surface area contributed by atoms with Crippen molar-refractivity contribution in [3.8, 4) is 0 Å². The Bertz CT molecular complexity index is 489. The summed E-state index contributed by atoms with van der Waals surface area (Å²) in [6.07, 6.45) is 1.52. The van der Waals surface area contributed by atoms with Crippen LogP contribution in [0.3, 0.4) is 0 Å². The van der Waals surface area contributed by atoms with Crippen molar-refractivity contribution < 1.29 is 5.11 Å². The van der Waals surface area contributed by atoms with Crippen molar-refractivity contribution in [2.24, 2.45) is 7.05 Å². The Morgan fingerprint density at radius 3 is 2.75 bits per heavy atom.